The van der Waals surface area contributed by atoms with Crippen LogP contribution in [0.25, 0.3) is 0 Å². The van der Waals surface area contributed by atoms with Crippen LogP contribution in [0.5, 0.6) is 0 Å². The number of carbonyl (C=O) groups excluding carboxylic acids is 1. The van der Waals surface area contributed by atoms with Gasteiger partial charge in [-0.1, -0.05) is 0 Å². The van der Waals surface area contributed by atoms with Gasteiger partial charge in [0, 0.05) is 44.1 Å². The summed E-state index contributed by atoms with van der Waals surface area (Å²) in [6, 6.07) is 3.81. The maximum Gasteiger partial charge on any atom is 0.272 e. The molecule has 1 fully saturated rings. The molecular weight excluding hydrogens is 280 g/mol. The van der Waals surface area contributed by atoms with Gasteiger partial charge in [-0.3, -0.25) is 9.48 Å². The fraction of sp³-hybridized carbons (Fsp3) is 0.467. The lowest BCUT2D eigenvalue weighted by Crippen LogP contribution is -2.48. The lowest BCUT2D eigenvalue weighted by Gasteiger charge is -2.33. The van der Waals surface area contributed by atoms with Crippen LogP contribution in [0.2, 0.25) is 0 Å². The van der Waals surface area contributed by atoms with E-state index >= 15 is 0 Å². The summed E-state index contributed by atoms with van der Waals surface area (Å²) >= 11 is 0. The van der Waals surface area contributed by atoms with E-state index in [4.69, 9.17) is 0 Å². The highest BCUT2D eigenvalue weighted by atomic mass is 16.2. The molecule has 1 unspecified atom stereocenters. The summed E-state index contributed by atoms with van der Waals surface area (Å²) in [6.45, 7) is 3.66. The summed E-state index contributed by atoms with van der Waals surface area (Å²) in [5.41, 5.74) is 1.40. The monoisotopic (exact) mass is 300 g/mol. The molecule has 0 radical (unpaired) electrons. The maximum absolute atomic E-state index is 12.2. The van der Waals surface area contributed by atoms with Gasteiger partial charge >= 0.3 is 0 Å². The molecule has 0 saturated carbocycles. The molecular formula is C15H20N6O. The van der Waals surface area contributed by atoms with Crippen LogP contribution >= 0.6 is 0 Å². The Hall–Kier alpha value is -2.44. The van der Waals surface area contributed by atoms with Crippen molar-refractivity contribution in [3.8, 4) is 0 Å². The normalized spacial score (nSPS) is 18.3. The van der Waals surface area contributed by atoms with Gasteiger partial charge in [0.2, 0.25) is 0 Å². The van der Waals surface area contributed by atoms with Crippen molar-refractivity contribution in [2.75, 3.05) is 18.0 Å². The fourth-order valence-electron chi connectivity index (χ4n) is 2.71. The number of piperidine rings is 1. The van der Waals surface area contributed by atoms with Crippen molar-refractivity contribution in [1.29, 1.82) is 0 Å². The standard InChI is InChI=1S/C15H20N6O/c1-11-8-14(17-10-16-11)21-6-3-4-12(9-21)18-15(22)13-5-7-20(2)19-13/h5,7-8,10,12H,3-4,6,9H2,1-2H3,(H,18,22). The molecule has 116 valence electrons. The summed E-state index contributed by atoms with van der Waals surface area (Å²) in [5.74, 6) is 0.801. The first-order valence-electron chi connectivity index (χ1n) is 7.46. The van der Waals surface area contributed by atoms with Gasteiger partial charge in [-0.05, 0) is 25.8 Å². The molecule has 1 aliphatic rings. The highest BCUT2D eigenvalue weighted by molar-refractivity contribution is 5.92. The van der Waals surface area contributed by atoms with Gasteiger partial charge in [0.15, 0.2) is 0 Å². The van der Waals surface area contributed by atoms with Crippen molar-refractivity contribution in [3.63, 3.8) is 0 Å². The van der Waals surface area contributed by atoms with Crippen molar-refractivity contribution >= 4 is 11.7 Å². The minimum absolute atomic E-state index is 0.110. The van der Waals surface area contributed by atoms with Crippen LogP contribution < -0.4 is 10.2 Å². The minimum Gasteiger partial charge on any atom is -0.354 e. The van der Waals surface area contributed by atoms with Crippen LogP contribution in [0.3, 0.4) is 0 Å². The smallest absolute Gasteiger partial charge is 0.272 e. The number of rotatable bonds is 3. The minimum atomic E-state index is -0.119. The Morgan fingerprint density at radius 1 is 1.41 bits per heavy atom. The zero-order valence-corrected chi connectivity index (χ0v) is 12.9. The largest absolute Gasteiger partial charge is 0.354 e. The predicted molar refractivity (Wildman–Crippen MR) is 82.7 cm³/mol. The Labute approximate surface area is 129 Å². The van der Waals surface area contributed by atoms with E-state index in [0.717, 1.165) is 37.4 Å². The van der Waals surface area contributed by atoms with Crippen LogP contribution in [-0.4, -0.2) is 44.8 Å². The molecule has 0 aromatic carbocycles. The Kier molecular flexibility index (Phi) is 4.04. The van der Waals surface area contributed by atoms with Crippen LogP contribution in [-0.2, 0) is 7.05 Å². The van der Waals surface area contributed by atoms with Crippen molar-refractivity contribution in [2.45, 2.75) is 25.8 Å². The van der Waals surface area contributed by atoms with E-state index < -0.39 is 0 Å². The molecule has 1 saturated heterocycles. The Morgan fingerprint density at radius 3 is 3.00 bits per heavy atom. The van der Waals surface area contributed by atoms with E-state index in [1.807, 2.05) is 13.0 Å². The molecule has 0 bridgehead atoms. The zero-order chi connectivity index (χ0) is 15.5. The molecule has 3 heterocycles. The Balaban J connectivity index is 1.64. The average Bonchev–Trinajstić information content (AvgIpc) is 2.94. The number of aromatic nitrogens is 4. The lowest BCUT2D eigenvalue weighted by atomic mass is 10.1. The average molecular weight is 300 g/mol. The number of aryl methyl sites for hydroxylation is 2. The maximum atomic E-state index is 12.2. The first-order valence-corrected chi connectivity index (χ1v) is 7.46. The molecule has 1 amide bonds. The number of hydrogen-bond donors (Lipinski definition) is 1. The molecule has 3 rings (SSSR count). The van der Waals surface area contributed by atoms with Gasteiger partial charge < -0.3 is 10.2 Å². The van der Waals surface area contributed by atoms with Crippen LogP contribution in [0, 0.1) is 6.92 Å². The van der Waals surface area contributed by atoms with Gasteiger partial charge in [0.1, 0.15) is 17.8 Å². The number of nitrogens with one attached hydrogen (secondary N) is 1. The van der Waals surface area contributed by atoms with Crippen LogP contribution in [0.1, 0.15) is 29.0 Å². The topological polar surface area (TPSA) is 75.9 Å². The summed E-state index contributed by atoms with van der Waals surface area (Å²) in [4.78, 5) is 22.8. The van der Waals surface area contributed by atoms with Gasteiger partial charge in [0.25, 0.3) is 5.91 Å². The van der Waals surface area contributed by atoms with E-state index in [1.165, 1.54) is 0 Å². The zero-order valence-electron chi connectivity index (χ0n) is 12.9. The second-order valence-electron chi connectivity index (χ2n) is 5.65. The first-order chi connectivity index (χ1) is 10.6. The summed E-state index contributed by atoms with van der Waals surface area (Å²) < 4.78 is 1.63. The Morgan fingerprint density at radius 2 is 2.27 bits per heavy atom. The van der Waals surface area contributed by atoms with E-state index in [2.05, 4.69) is 25.3 Å². The van der Waals surface area contributed by atoms with Gasteiger partial charge in [0.05, 0.1) is 0 Å². The van der Waals surface area contributed by atoms with Crippen LogP contribution in [0.4, 0.5) is 5.82 Å². The molecule has 2 aromatic heterocycles. The van der Waals surface area contributed by atoms with Crippen LogP contribution in [0.15, 0.2) is 24.7 Å². The van der Waals surface area contributed by atoms with Gasteiger partial charge in [-0.15, -0.1) is 0 Å². The number of amides is 1. The summed E-state index contributed by atoms with van der Waals surface area (Å²) in [7, 11) is 1.80. The molecule has 0 aliphatic carbocycles. The van der Waals surface area contributed by atoms with E-state index in [0.29, 0.717) is 5.69 Å². The molecule has 7 nitrogen and oxygen atoms in total. The molecule has 0 spiro atoms. The molecule has 22 heavy (non-hydrogen) atoms. The highest BCUT2D eigenvalue weighted by Crippen LogP contribution is 2.18. The van der Waals surface area contributed by atoms with Crippen molar-refractivity contribution in [2.24, 2.45) is 7.05 Å². The Bertz CT molecular complexity index is 668. The third-order valence-corrected chi connectivity index (χ3v) is 3.82. The first kappa shape index (κ1) is 14.5. The number of nitrogens with zero attached hydrogens (tertiary/aromatic N) is 5. The second-order valence-corrected chi connectivity index (χ2v) is 5.65. The van der Waals surface area contributed by atoms with Gasteiger partial charge in [-0.2, -0.15) is 5.10 Å². The third-order valence-electron chi connectivity index (χ3n) is 3.82. The third kappa shape index (κ3) is 3.24. The number of anilines is 1. The molecule has 2 aromatic rings. The van der Waals surface area contributed by atoms with Crippen molar-refractivity contribution in [1.82, 2.24) is 25.1 Å². The molecule has 1 atom stereocenters. The number of carbonyl (C=O) groups is 1. The van der Waals surface area contributed by atoms with Crippen molar-refractivity contribution < 1.29 is 4.79 Å². The van der Waals surface area contributed by atoms with E-state index in [-0.39, 0.29) is 11.9 Å². The van der Waals surface area contributed by atoms with Crippen molar-refractivity contribution in [3.05, 3.63) is 36.0 Å². The fourth-order valence-corrected chi connectivity index (χ4v) is 2.71. The number of hydrogen-bond acceptors (Lipinski definition) is 5. The highest BCUT2D eigenvalue weighted by Gasteiger charge is 2.23. The van der Waals surface area contributed by atoms with E-state index in [9.17, 15) is 4.79 Å². The molecule has 1 N–H and O–H groups in total. The van der Waals surface area contributed by atoms with E-state index in [1.54, 1.807) is 30.3 Å². The molecule has 7 heteroatoms. The molecule has 1 aliphatic heterocycles. The van der Waals surface area contributed by atoms with Gasteiger partial charge in [-0.25, -0.2) is 9.97 Å². The second kappa shape index (κ2) is 6.13. The summed E-state index contributed by atoms with van der Waals surface area (Å²) in [5, 5.41) is 7.20. The predicted octanol–water partition coefficient (Wildman–Crippen LogP) is 0.917. The quantitative estimate of drug-likeness (QED) is 0.912. The SMILES string of the molecule is Cc1cc(N2CCCC(NC(=O)c3ccn(C)n3)C2)ncn1. The lowest BCUT2D eigenvalue weighted by molar-refractivity contribution is 0.0927. The summed E-state index contributed by atoms with van der Waals surface area (Å²) in [6.07, 6.45) is 5.35.